The normalized spacial score (nSPS) is 21.3. The first-order valence-corrected chi connectivity index (χ1v) is 45.5. The molecular formula is C92H150N24O8. The van der Waals surface area contributed by atoms with Crippen LogP contribution < -0.4 is 81.8 Å². The molecule has 1 saturated heterocycles. The van der Waals surface area contributed by atoms with Gasteiger partial charge in [0.2, 0.25) is 17.8 Å². The lowest BCUT2D eigenvalue weighted by Crippen LogP contribution is -2.37. The van der Waals surface area contributed by atoms with Crippen LogP contribution in [0.5, 0.6) is 0 Å². The number of aliphatic hydroxyl groups excluding tert-OH is 1. The maximum absolute atomic E-state index is 12.0. The van der Waals surface area contributed by atoms with Crippen molar-refractivity contribution in [2.24, 2.45) is 70.1 Å². The zero-order chi connectivity index (χ0) is 91.1. The number of nitrogens with zero attached hydrogens (tertiary/aromatic N) is 9. The van der Waals surface area contributed by atoms with E-state index in [0.717, 1.165) is 171 Å². The van der Waals surface area contributed by atoms with E-state index in [4.69, 9.17) is 28.7 Å². The van der Waals surface area contributed by atoms with Gasteiger partial charge in [-0.1, -0.05) is 40.9 Å². The van der Waals surface area contributed by atoms with Crippen molar-refractivity contribution in [3.63, 3.8) is 0 Å². The molecule has 32 nitrogen and oxygen atoms in total. The number of likely N-dealkylation sites (tertiary alicyclic amines) is 1. The van der Waals surface area contributed by atoms with E-state index in [-0.39, 0.29) is 60.7 Å². The smallest absolute Gasteiger partial charge is 0.254 e. The van der Waals surface area contributed by atoms with Crippen LogP contribution in [0.1, 0.15) is 308 Å². The molecule has 6 amide bonds. The van der Waals surface area contributed by atoms with Crippen LogP contribution in [0.2, 0.25) is 0 Å². The Morgan fingerprint density at radius 1 is 0.468 bits per heavy atom. The molecule has 6 aliphatic rings. The fraction of sp³-hybridized carbons (Fsp3) is 0.652. The third-order valence-corrected chi connectivity index (χ3v) is 23.7. The summed E-state index contributed by atoms with van der Waals surface area (Å²) < 4.78 is 0. The van der Waals surface area contributed by atoms with Gasteiger partial charge < -0.3 is 96.9 Å². The van der Waals surface area contributed by atoms with Crippen LogP contribution in [0.25, 0.3) is 0 Å². The van der Waals surface area contributed by atoms with Crippen LogP contribution in [0.3, 0.4) is 0 Å². The van der Waals surface area contributed by atoms with E-state index in [2.05, 4.69) is 139 Å². The van der Waals surface area contributed by atoms with Crippen molar-refractivity contribution in [2.75, 3.05) is 68.8 Å². The highest BCUT2D eigenvalue weighted by Gasteiger charge is 2.34. The molecule has 1 aliphatic heterocycles. The van der Waals surface area contributed by atoms with Gasteiger partial charge >= 0.3 is 0 Å². The number of carbonyl (C=O) groups excluding carboxylic acids is 6. The summed E-state index contributed by atoms with van der Waals surface area (Å²) in [6, 6.07) is 9.46. The Morgan fingerprint density at radius 2 is 0.855 bits per heavy atom. The summed E-state index contributed by atoms with van der Waals surface area (Å²) in [4.78, 5) is 108. The average molecular weight is 1720 g/mol. The highest BCUT2D eigenvalue weighted by molar-refractivity contribution is 5.99. The molecule has 5 aromatic rings. The third kappa shape index (κ3) is 33.3. The van der Waals surface area contributed by atoms with Crippen LogP contribution in [-0.4, -0.2) is 177 Å². The maximum atomic E-state index is 12.0. The Hall–Kier alpha value is -10.2. The molecule has 5 aliphatic carbocycles. The molecule has 5 aromatic heterocycles. The topological polar surface area (TPSA) is 500 Å². The summed E-state index contributed by atoms with van der Waals surface area (Å²) in [7, 11) is 0. The molecular weight excluding hydrogens is 1570 g/mol. The highest BCUT2D eigenvalue weighted by Crippen LogP contribution is 2.38. The van der Waals surface area contributed by atoms with Gasteiger partial charge in [-0.15, -0.1) is 0 Å². The number of aliphatic hydroxyl groups is 2. The Kier molecular flexibility index (Phi) is 40.2. The number of hydrogen-bond donors (Lipinski definition) is 17. The first kappa shape index (κ1) is 101. The highest BCUT2D eigenvalue weighted by atomic mass is 16.3. The van der Waals surface area contributed by atoms with Crippen molar-refractivity contribution in [1.82, 2.24) is 55.4 Å². The molecule has 0 unspecified atom stereocenters. The Morgan fingerprint density at radius 3 is 1.27 bits per heavy atom. The summed E-state index contributed by atoms with van der Waals surface area (Å²) in [6.07, 6.45) is 28.4. The number of nitrogens with one attached hydrogen (secondary N) is 10. The maximum Gasteiger partial charge on any atom is 0.254 e. The molecule has 11 rings (SSSR count). The zero-order valence-corrected chi connectivity index (χ0v) is 76.7. The van der Waals surface area contributed by atoms with E-state index in [1.165, 1.54) is 30.9 Å². The molecule has 0 radical (unpaired) electrons. The quantitative estimate of drug-likeness (QED) is 0.0182. The number of hydrogen-bond acceptors (Lipinski definition) is 26. The van der Waals surface area contributed by atoms with Crippen molar-refractivity contribution in [3.8, 4) is 0 Å². The van der Waals surface area contributed by atoms with Crippen LogP contribution in [0.4, 0.5) is 46.8 Å². The average Bonchev–Trinajstić information content (AvgIpc) is 0.948. The van der Waals surface area contributed by atoms with Crippen molar-refractivity contribution < 1.29 is 39.0 Å². The zero-order valence-electron chi connectivity index (χ0n) is 76.7. The minimum atomic E-state index is -0.636. The van der Waals surface area contributed by atoms with Crippen LogP contribution in [-0.2, 0) is 17.6 Å². The van der Waals surface area contributed by atoms with Gasteiger partial charge in [-0.3, -0.25) is 28.8 Å². The predicted molar refractivity (Wildman–Crippen MR) is 497 cm³/mol. The molecule has 0 aromatic carbocycles. The van der Waals surface area contributed by atoms with Gasteiger partial charge in [0.15, 0.2) is 0 Å². The molecule has 6 heterocycles. The molecule has 686 valence electrons. The van der Waals surface area contributed by atoms with E-state index >= 15 is 0 Å². The summed E-state index contributed by atoms with van der Waals surface area (Å²) >= 11 is 0. The minimum Gasteiger partial charge on any atom is -0.396 e. The van der Waals surface area contributed by atoms with Crippen molar-refractivity contribution in [2.45, 2.75) is 318 Å². The summed E-state index contributed by atoms with van der Waals surface area (Å²) in [5.41, 5.74) is 31.8. The van der Waals surface area contributed by atoms with E-state index in [1.54, 1.807) is 30.5 Å². The Labute approximate surface area is 736 Å². The van der Waals surface area contributed by atoms with Crippen molar-refractivity contribution in [3.05, 3.63) is 107 Å². The molecule has 0 bridgehead atoms. The molecule has 22 N–H and O–H groups in total. The number of aromatic nitrogens is 8. The fourth-order valence-corrected chi connectivity index (χ4v) is 16.6. The van der Waals surface area contributed by atoms with Crippen LogP contribution in [0, 0.1) is 41.4 Å². The summed E-state index contributed by atoms with van der Waals surface area (Å²) in [6.45, 7) is 42.1. The van der Waals surface area contributed by atoms with E-state index in [1.807, 2.05) is 76.2 Å². The SMILES string of the molecule is C=C(C1CCC(Nc2nc(NC(C)C)ncc2C(N)=O)CC1)N1CCCC1.C=C(NC1CCC(Nc2nc(CC(C)C)ncc2C(N)=O)CC1)C(C)C.CC(C)Nc1ccc(C(N)=O)c(NC2CCC(C(C)(C)O)CC2)n1.CC(C)Nc1ccc(C(N)=O)c(NC2CCC(CO)CC2)n1.CCNC(=O)C1CCC(Cc2nc(NC(C)C)ncc2C(N)=O)CC1. The number of pyridine rings is 2. The van der Waals surface area contributed by atoms with E-state index < -0.39 is 35.1 Å². The molecule has 124 heavy (non-hydrogen) atoms. The monoisotopic (exact) mass is 1720 g/mol. The molecule has 5 saturated carbocycles. The first-order chi connectivity index (χ1) is 58.7. The third-order valence-electron chi connectivity index (χ3n) is 23.7. The lowest BCUT2D eigenvalue weighted by Gasteiger charge is -2.36. The second-order valence-electron chi connectivity index (χ2n) is 37.0. The van der Waals surface area contributed by atoms with Crippen LogP contribution >= 0.6 is 0 Å². The number of amides is 6. The number of allylic oxidation sites excluding steroid dienone is 2. The Bertz CT molecular complexity index is 4240. The number of primary amides is 5. The second kappa shape index (κ2) is 49.5. The number of rotatable bonds is 34. The van der Waals surface area contributed by atoms with Crippen molar-refractivity contribution in [1.29, 1.82) is 0 Å². The Balaban J connectivity index is 0.000000213. The van der Waals surface area contributed by atoms with Gasteiger partial charge in [-0.25, -0.2) is 34.9 Å². The molecule has 0 atom stereocenters. The minimum absolute atomic E-state index is 0.107. The predicted octanol–water partition coefficient (Wildman–Crippen LogP) is 12.8. The van der Waals surface area contributed by atoms with E-state index in [0.29, 0.717) is 129 Å². The largest absolute Gasteiger partial charge is 0.396 e. The number of anilines is 8. The van der Waals surface area contributed by atoms with Crippen molar-refractivity contribution >= 4 is 82.2 Å². The van der Waals surface area contributed by atoms with Gasteiger partial charge in [0.25, 0.3) is 29.5 Å². The fourth-order valence-electron chi connectivity index (χ4n) is 16.6. The lowest BCUT2D eigenvalue weighted by atomic mass is 9.77. The van der Waals surface area contributed by atoms with Gasteiger partial charge in [-0.05, 0) is 284 Å². The van der Waals surface area contributed by atoms with Gasteiger partial charge in [0, 0.05) is 123 Å². The standard InChI is InChI=1S/C20H32N6O.C20H33N5O.C18H29N5O2.C18H30N4O2.C16H26N4O2/c1-13(2)23-20-22-12-17(18(21)27)19(25-20)24-16-8-6-15(7-9-16)14(3)26-10-4-5-11-26;1-12(2)10-18-22-11-17(19(21)26)20(25-18)24-16-8-6-15(7-9-16)23-14(5)13(3)4;1-4-20-17(25)13-7-5-12(6-8-13)9-15-14(16(19)24)10-21-18(23-15)22-11(2)3;1-11(2)20-15-10-9-14(16(19)23)17(22-15)21-13-7-5-12(6-8-13)18(3,4)24;1-10(2)18-14-8-7-13(15(17)22)16(20-14)19-12-5-3-11(9-21)4-6-12/h12-13,15-16H,3-11H2,1-2H3,(H2,21,27)(H2,22,23,24,25);11-13,15-16,23H,5-10H2,1-4H3,(H2,21,26)(H,22,24,25);10-13H,4-9H2,1-3H3,(H2,19,24)(H,20,25)(H,21,22,23);9-13,24H,5-8H2,1-4H3,(H2,19,23)(H2,20,21,22);7-8,10-12,21H,3-6,9H2,1-2H3,(H2,17,22)(H2,18,19,20). The number of carbonyl (C=O) groups is 6. The first-order valence-electron chi connectivity index (χ1n) is 45.5. The number of nitrogens with two attached hydrogens (primary N) is 5. The molecule has 0 spiro atoms. The van der Waals surface area contributed by atoms with Gasteiger partial charge in [0.05, 0.1) is 39.1 Å². The van der Waals surface area contributed by atoms with Crippen LogP contribution in [0.15, 0.2) is 67.4 Å². The second-order valence-corrected chi connectivity index (χ2v) is 37.0. The molecule has 32 heteroatoms. The molecule has 6 fully saturated rings. The summed E-state index contributed by atoms with van der Waals surface area (Å²) in [5.74, 6) is 5.82. The van der Waals surface area contributed by atoms with E-state index in [9.17, 15) is 39.0 Å². The summed E-state index contributed by atoms with van der Waals surface area (Å²) in [5, 5.41) is 52.2. The van der Waals surface area contributed by atoms with Gasteiger partial charge in [0.1, 0.15) is 40.7 Å². The lowest BCUT2D eigenvalue weighted by molar-refractivity contribution is -0.126. The van der Waals surface area contributed by atoms with Gasteiger partial charge in [-0.2, -0.15) is 4.98 Å².